The summed E-state index contributed by atoms with van der Waals surface area (Å²) in [6.45, 7) is 10.0. The van der Waals surface area contributed by atoms with Crippen LogP contribution in [0.15, 0.2) is 60.9 Å². The molecule has 2 aromatic carbocycles. The van der Waals surface area contributed by atoms with Crippen molar-refractivity contribution >= 4 is 18.0 Å². The largest absolute Gasteiger partial charge is 0.444 e. The summed E-state index contributed by atoms with van der Waals surface area (Å²) in [6.07, 6.45) is 0.401. The first-order chi connectivity index (χ1) is 23.9. The Hall–Kier alpha value is -4.49. The van der Waals surface area contributed by atoms with Crippen molar-refractivity contribution in [2.45, 2.75) is 96.1 Å². The Morgan fingerprint density at radius 2 is 1.49 bits per heavy atom. The predicted molar refractivity (Wildman–Crippen MR) is 183 cm³/mol. The Labute approximate surface area is 296 Å². The van der Waals surface area contributed by atoms with Gasteiger partial charge >= 0.3 is 12.2 Å². The van der Waals surface area contributed by atoms with Crippen molar-refractivity contribution in [1.29, 1.82) is 0 Å². The highest BCUT2D eigenvalue weighted by Crippen LogP contribution is 2.31. The predicted octanol–water partition coefficient (Wildman–Crippen LogP) is 6.27. The van der Waals surface area contributed by atoms with Crippen molar-refractivity contribution in [3.05, 3.63) is 101 Å². The first kappa shape index (κ1) is 39.3. The number of Topliss-reactive ketones (excluding diaryl/α,β-unsaturated/α-hetero) is 1. The van der Waals surface area contributed by atoms with E-state index in [1.807, 2.05) is 0 Å². The van der Waals surface area contributed by atoms with E-state index in [2.05, 4.69) is 10.3 Å². The van der Waals surface area contributed by atoms with E-state index in [0.717, 1.165) is 6.20 Å². The van der Waals surface area contributed by atoms with E-state index in [1.165, 1.54) is 59.6 Å². The first-order valence-electron chi connectivity index (χ1n) is 16.8. The van der Waals surface area contributed by atoms with Crippen molar-refractivity contribution in [2.24, 2.45) is 0 Å². The van der Waals surface area contributed by atoms with Crippen molar-refractivity contribution < 1.29 is 46.9 Å². The van der Waals surface area contributed by atoms with Crippen LogP contribution in [-0.2, 0) is 31.8 Å². The number of halogens is 3. The third-order valence-corrected chi connectivity index (χ3v) is 8.19. The van der Waals surface area contributed by atoms with Gasteiger partial charge in [-0.15, -0.1) is 0 Å². The molecule has 1 aliphatic heterocycles. The lowest BCUT2D eigenvalue weighted by Crippen LogP contribution is -2.55. The highest BCUT2D eigenvalue weighted by atomic mass is 19.1. The fourth-order valence-corrected chi connectivity index (χ4v) is 5.87. The molecule has 3 aromatic rings. The van der Waals surface area contributed by atoms with Gasteiger partial charge in [0.1, 0.15) is 34.7 Å². The molecule has 2 amide bonds. The number of aromatic nitrogens is 1. The van der Waals surface area contributed by atoms with E-state index in [1.54, 1.807) is 41.5 Å². The quantitative estimate of drug-likeness (QED) is 0.238. The number of nitrogens with zero attached hydrogens (tertiary/aromatic N) is 2. The molecule has 10 nitrogen and oxygen atoms in total. The molecule has 1 fully saturated rings. The lowest BCUT2D eigenvalue weighted by molar-refractivity contribution is -0.120. The minimum absolute atomic E-state index is 0.0523. The minimum atomic E-state index is -1.31. The van der Waals surface area contributed by atoms with Crippen molar-refractivity contribution in [3.8, 4) is 0 Å². The summed E-state index contributed by atoms with van der Waals surface area (Å²) in [7, 11) is 0. The van der Waals surface area contributed by atoms with E-state index in [4.69, 9.17) is 14.2 Å². The van der Waals surface area contributed by atoms with Crippen LogP contribution in [0.2, 0.25) is 0 Å². The molecule has 2 N–H and O–H groups in total. The maximum Gasteiger partial charge on any atom is 0.410 e. The molecular formula is C38H46F3N3O7. The molecule has 1 aromatic heterocycles. The zero-order valence-electron chi connectivity index (χ0n) is 29.8. The molecule has 13 heteroatoms. The number of rotatable bonds is 11. The zero-order chi connectivity index (χ0) is 37.5. The number of alkyl carbamates (subject to hydrolysis) is 1. The maximum absolute atomic E-state index is 15.4. The van der Waals surface area contributed by atoms with E-state index >= 15 is 4.39 Å². The summed E-state index contributed by atoms with van der Waals surface area (Å²) < 4.78 is 60.4. The average Bonchev–Trinajstić information content (AvgIpc) is 3.04. The van der Waals surface area contributed by atoms with Crippen LogP contribution < -0.4 is 5.32 Å². The maximum atomic E-state index is 15.4. The molecule has 0 bridgehead atoms. The van der Waals surface area contributed by atoms with Crippen LogP contribution in [0.4, 0.5) is 22.8 Å². The number of aliphatic hydroxyl groups is 1. The monoisotopic (exact) mass is 713 g/mol. The van der Waals surface area contributed by atoms with Crippen LogP contribution in [0.5, 0.6) is 0 Å². The molecule has 2 heterocycles. The summed E-state index contributed by atoms with van der Waals surface area (Å²) in [5.74, 6) is -3.14. The lowest BCUT2D eigenvalue weighted by atomic mass is 9.81. The van der Waals surface area contributed by atoms with Crippen LogP contribution in [0.25, 0.3) is 0 Å². The van der Waals surface area contributed by atoms with Crippen molar-refractivity contribution in [2.75, 3.05) is 19.8 Å². The Kier molecular flexibility index (Phi) is 12.9. The van der Waals surface area contributed by atoms with Gasteiger partial charge in [-0.2, -0.15) is 0 Å². The Morgan fingerprint density at radius 1 is 0.922 bits per heavy atom. The second-order valence-corrected chi connectivity index (χ2v) is 14.6. The molecule has 0 unspecified atom stereocenters. The number of ketones is 1. The van der Waals surface area contributed by atoms with Crippen LogP contribution >= 0.6 is 0 Å². The summed E-state index contributed by atoms with van der Waals surface area (Å²) in [5.41, 5.74) is -0.280. The number of aliphatic hydroxyl groups excluding tert-OH is 1. The number of carbonyl (C=O) groups is 3. The van der Waals surface area contributed by atoms with Gasteiger partial charge in [0.15, 0.2) is 5.78 Å². The number of morpholine rings is 1. The van der Waals surface area contributed by atoms with Gasteiger partial charge in [0.25, 0.3) is 0 Å². The van der Waals surface area contributed by atoms with Crippen LogP contribution in [0.1, 0.15) is 76.1 Å². The Morgan fingerprint density at radius 3 is 2.02 bits per heavy atom. The fraction of sp³-hybridized carbons (Fsp3) is 0.474. The number of carbonyl (C=O) groups excluding carboxylic acids is 3. The average molecular weight is 714 g/mol. The van der Waals surface area contributed by atoms with Crippen LogP contribution in [0, 0.1) is 17.5 Å². The number of amides is 2. The van der Waals surface area contributed by atoms with Crippen LogP contribution in [0.3, 0.4) is 0 Å². The van der Waals surface area contributed by atoms with Gasteiger partial charge in [0, 0.05) is 18.5 Å². The van der Waals surface area contributed by atoms with E-state index in [9.17, 15) is 28.3 Å². The standard InChI is InChI=1S/C38H46F3N3O7/c1-37(2,3)50-35(47)43-34(33(23-7-11-26(39)12-8-23)24-9-13-27(40)14-10-24)32(46)17-25-18-42-19-31(41)30(25)16-15-29-20-44(28(21-45)22-49-29)36(48)51-38(4,5)6/h7-14,18-19,28-29,33-34,45H,15-17,20-22H2,1-6H3,(H,43,47)/t28-,29-,34-/m1/s1. The highest BCUT2D eigenvalue weighted by Gasteiger charge is 2.36. The first-order valence-corrected chi connectivity index (χ1v) is 16.8. The second-order valence-electron chi connectivity index (χ2n) is 14.6. The second kappa shape index (κ2) is 16.7. The molecule has 1 saturated heterocycles. The molecule has 0 spiro atoms. The normalized spacial score (nSPS) is 17.2. The number of nitrogens with one attached hydrogen (secondary N) is 1. The van der Waals surface area contributed by atoms with Gasteiger partial charge in [-0.3, -0.25) is 14.7 Å². The molecular weight excluding hydrogens is 667 g/mol. The third kappa shape index (κ3) is 11.3. The molecule has 1 aliphatic rings. The number of pyridine rings is 1. The van der Waals surface area contributed by atoms with E-state index in [-0.39, 0.29) is 50.1 Å². The molecule has 0 radical (unpaired) electrons. The molecule has 276 valence electrons. The van der Waals surface area contributed by atoms with Crippen LogP contribution in [-0.4, -0.2) is 82.1 Å². The fourth-order valence-electron chi connectivity index (χ4n) is 5.87. The number of ether oxygens (including phenoxy) is 3. The highest BCUT2D eigenvalue weighted by molar-refractivity contribution is 5.91. The van der Waals surface area contributed by atoms with Crippen molar-refractivity contribution in [3.63, 3.8) is 0 Å². The number of benzene rings is 2. The summed E-state index contributed by atoms with van der Waals surface area (Å²) in [4.78, 5) is 45.8. The van der Waals surface area contributed by atoms with Gasteiger partial charge in [-0.25, -0.2) is 22.8 Å². The molecule has 0 saturated carbocycles. The minimum Gasteiger partial charge on any atom is -0.444 e. The van der Waals surface area contributed by atoms with E-state index < -0.39 is 70.7 Å². The Bertz CT molecular complexity index is 1610. The smallest absolute Gasteiger partial charge is 0.410 e. The number of hydrogen-bond acceptors (Lipinski definition) is 8. The SMILES string of the molecule is CC(C)(C)OC(=O)N[C@H](C(=O)Cc1cncc(F)c1CC[C@@H]1CN(C(=O)OC(C)(C)C)[C@H](CO)CO1)C(c1ccc(F)cc1)c1ccc(F)cc1. The lowest BCUT2D eigenvalue weighted by Gasteiger charge is -2.39. The summed E-state index contributed by atoms with van der Waals surface area (Å²) in [6, 6.07) is 8.85. The topological polar surface area (TPSA) is 127 Å². The summed E-state index contributed by atoms with van der Waals surface area (Å²) >= 11 is 0. The Balaban J connectivity index is 1.63. The molecule has 0 aliphatic carbocycles. The third-order valence-electron chi connectivity index (χ3n) is 8.19. The van der Waals surface area contributed by atoms with Gasteiger partial charge in [-0.05, 0) is 101 Å². The van der Waals surface area contributed by atoms with Crippen molar-refractivity contribution in [1.82, 2.24) is 15.2 Å². The van der Waals surface area contributed by atoms with E-state index in [0.29, 0.717) is 11.1 Å². The van der Waals surface area contributed by atoms with Gasteiger partial charge < -0.3 is 24.6 Å². The van der Waals surface area contributed by atoms with Gasteiger partial charge in [-0.1, -0.05) is 24.3 Å². The number of hydrogen-bond donors (Lipinski definition) is 2. The zero-order valence-corrected chi connectivity index (χ0v) is 29.8. The molecule has 51 heavy (non-hydrogen) atoms. The summed E-state index contributed by atoms with van der Waals surface area (Å²) in [5, 5.41) is 12.5. The molecule has 4 rings (SSSR count). The van der Waals surface area contributed by atoms with Gasteiger partial charge in [0.2, 0.25) is 0 Å². The molecule has 3 atom stereocenters. The van der Waals surface area contributed by atoms with Gasteiger partial charge in [0.05, 0.1) is 38.1 Å².